The number of fused-ring (bicyclic) bond motifs is 1. The highest BCUT2D eigenvalue weighted by Gasteiger charge is 2.29. The Morgan fingerprint density at radius 2 is 1.71 bits per heavy atom. The van der Waals surface area contributed by atoms with Gasteiger partial charge in [0.15, 0.2) is 0 Å². The summed E-state index contributed by atoms with van der Waals surface area (Å²) in [5, 5.41) is 0. The van der Waals surface area contributed by atoms with Gasteiger partial charge in [0.2, 0.25) is 0 Å². The maximum absolute atomic E-state index is 2.62. The first kappa shape index (κ1) is 14.3. The molecule has 0 bridgehead atoms. The predicted molar refractivity (Wildman–Crippen MR) is 88.3 cm³/mol. The molecule has 0 radical (unpaired) electrons. The van der Waals surface area contributed by atoms with E-state index in [0.717, 1.165) is 26.1 Å². The smallest absolute Gasteiger partial charge is 0.0395 e. The summed E-state index contributed by atoms with van der Waals surface area (Å²) in [7, 11) is 4.30. The second-order valence-electron chi connectivity index (χ2n) is 6.18. The van der Waals surface area contributed by atoms with Gasteiger partial charge in [-0.3, -0.25) is 4.90 Å². The van der Waals surface area contributed by atoms with E-state index in [0.29, 0.717) is 6.04 Å². The van der Waals surface area contributed by atoms with Crippen LogP contribution >= 0.6 is 0 Å². The number of hydrogen-bond donors (Lipinski definition) is 0. The van der Waals surface area contributed by atoms with Gasteiger partial charge < -0.3 is 4.90 Å². The van der Waals surface area contributed by atoms with E-state index in [1.807, 2.05) is 0 Å². The Morgan fingerprint density at radius 3 is 2.48 bits per heavy atom. The zero-order chi connectivity index (χ0) is 14.7. The monoisotopic (exact) mass is 280 g/mol. The van der Waals surface area contributed by atoms with Crippen LogP contribution in [-0.4, -0.2) is 37.0 Å². The highest BCUT2D eigenvalue weighted by molar-refractivity contribution is 5.35. The van der Waals surface area contributed by atoms with Crippen LogP contribution in [0, 0.1) is 0 Å². The lowest BCUT2D eigenvalue weighted by molar-refractivity contribution is 0.192. The van der Waals surface area contributed by atoms with Crippen molar-refractivity contribution in [2.45, 2.75) is 19.0 Å². The molecular weight excluding hydrogens is 256 g/mol. The van der Waals surface area contributed by atoms with Gasteiger partial charge in [-0.15, -0.1) is 0 Å². The summed E-state index contributed by atoms with van der Waals surface area (Å²) in [5.74, 6) is 0. The van der Waals surface area contributed by atoms with Gasteiger partial charge >= 0.3 is 0 Å². The molecule has 2 aromatic rings. The highest BCUT2D eigenvalue weighted by atomic mass is 15.2. The number of benzene rings is 2. The van der Waals surface area contributed by atoms with Crippen LogP contribution in [0.15, 0.2) is 54.6 Å². The molecule has 0 fully saturated rings. The molecule has 0 aromatic heterocycles. The van der Waals surface area contributed by atoms with Crippen LogP contribution in [0.3, 0.4) is 0 Å². The van der Waals surface area contributed by atoms with Crippen LogP contribution < -0.4 is 0 Å². The molecule has 0 spiro atoms. The fraction of sp³-hybridized carbons (Fsp3) is 0.368. The quantitative estimate of drug-likeness (QED) is 0.829. The Labute approximate surface area is 128 Å². The molecule has 1 unspecified atom stereocenters. The highest BCUT2D eigenvalue weighted by Crippen LogP contribution is 2.35. The molecule has 3 rings (SSSR count). The maximum atomic E-state index is 2.62. The summed E-state index contributed by atoms with van der Waals surface area (Å²) in [6.07, 6.45) is 1.10. The number of likely N-dealkylation sites (N-methyl/N-ethyl adjacent to an activating group) is 1. The molecule has 0 N–H and O–H groups in total. The zero-order valence-electron chi connectivity index (χ0n) is 13.0. The second kappa shape index (κ2) is 6.42. The summed E-state index contributed by atoms with van der Waals surface area (Å²) in [6.45, 7) is 3.32. The Morgan fingerprint density at radius 1 is 1.00 bits per heavy atom. The molecule has 1 aliphatic rings. The summed E-state index contributed by atoms with van der Waals surface area (Å²) >= 11 is 0. The normalized spacial score (nSPS) is 18.1. The summed E-state index contributed by atoms with van der Waals surface area (Å²) in [4.78, 5) is 4.89. The molecule has 2 nitrogen and oxygen atoms in total. The molecular formula is C19H24N2. The molecule has 0 saturated carbocycles. The summed E-state index contributed by atoms with van der Waals surface area (Å²) in [5.41, 5.74) is 4.44. The van der Waals surface area contributed by atoms with Gasteiger partial charge in [-0.25, -0.2) is 0 Å². The van der Waals surface area contributed by atoms with Crippen molar-refractivity contribution in [2.24, 2.45) is 0 Å². The standard InChI is InChI=1S/C19H24N2/c1-20(2)12-13-21-15-17-10-6-7-11-18(17)19(21)14-16-8-4-3-5-9-16/h3-11,19H,12-15H2,1-2H3. The van der Waals surface area contributed by atoms with Gasteiger partial charge in [0.25, 0.3) is 0 Å². The molecule has 1 aliphatic heterocycles. The summed E-state index contributed by atoms with van der Waals surface area (Å²) in [6, 6.07) is 20.3. The van der Waals surface area contributed by atoms with Crippen LogP contribution in [0.25, 0.3) is 0 Å². The van der Waals surface area contributed by atoms with Gasteiger partial charge in [-0.1, -0.05) is 54.6 Å². The largest absolute Gasteiger partial charge is 0.308 e. The van der Waals surface area contributed by atoms with Gasteiger partial charge in [0, 0.05) is 25.7 Å². The lowest BCUT2D eigenvalue weighted by atomic mass is 9.98. The molecule has 1 atom stereocenters. The lowest BCUT2D eigenvalue weighted by Crippen LogP contribution is -2.31. The van der Waals surface area contributed by atoms with E-state index in [-0.39, 0.29) is 0 Å². The minimum absolute atomic E-state index is 0.517. The number of rotatable bonds is 5. The minimum Gasteiger partial charge on any atom is -0.308 e. The lowest BCUT2D eigenvalue weighted by Gasteiger charge is -2.26. The van der Waals surface area contributed by atoms with Crippen molar-refractivity contribution in [1.82, 2.24) is 9.80 Å². The van der Waals surface area contributed by atoms with E-state index in [2.05, 4.69) is 78.5 Å². The first-order valence-corrected chi connectivity index (χ1v) is 7.74. The Kier molecular flexibility index (Phi) is 4.37. The molecule has 110 valence electrons. The first-order valence-electron chi connectivity index (χ1n) is 7.74. The van der Waals surface area contributed by atoms with E-state index in [1.54, 1.807) is 0 Å². The van der Waals surface area contributed by atoms with Crippen molar-refractivity contribution in [3.05, 3.63) is 71.3 Å². The molecule has 2 heteroatoms. The average molecular weight is 280 g/mol. The second-order valence-corrected chi connectivity index (χ2v) is 6.18. The molecule has 0 saturated heterocycles. The molecule has 1 heterocycles. The van der Waals surface area contributed by atoms with Crippen LogP contribution in [-0.2, 0) is 13.0 Å². The fourth-order valence-corrected chi connectivity index (χ4v) is 3.17. The third kappa shape index (κ3) is 3.34. The van der Waals surface area contributed by atoms with Gasteiger partial charge in [0.05, 0.1) is 0 Å². The van der Waals surface area contributed by atoms with Crippen molar-refractivity contribution in [3.63, 3.8) is 0 Å². The molecule has 21 heavy (non-hydrogen) atoms. The molecule has 0 amide bonds. The van der Waals surface area contributed by atoms with Crippen molar-refractivity contribution in [1.29, 1.82) is 0 Å². The maximum Gasteiger partial charge on any atom is 0.0395 e. The van der Waals surface area contributed by atoms with E-state index >= 15 is 0 Å². The third-order valence-electron chi connectivity index (χ3n) is 4.33. The Hall–Kier alpha value is -1.64. The van der Waals surface area contributed by atoms with Crippen molar-refractivity contribution in [3.8, 4) is 0 Å². The van der Waals surface area contributed by atoms with Crippen molar-refractivity contribution < 1.29 is 0 Å². The Bertz CT molecular complexity index is 577. The van der Waals surface area contributed by atoms with Crippen LogP contribution in [0.5, 0.6) is 0 Å². The van der Waals surface area contributed by atoms with Gasteiger partial charge in [-0.05, 0) is 37.2 Å². The minimum atomic E-state index is 0.517. The Balaban J connectivity index is 1.81. The first-order chi connectivity index (χ1) is 10.2. The van der Waals surface area contributed by atoms with E-state index in [4.69, 9.17) is 0 Å². The van der Waals surface area contributed by atoms with Crippen molar-refractivity contribution >= 4 is 0 Å². The summed E-state index contributed by atoms with van der Waals surface area (Å²) < 4.78 is 0. The fourth-order valence-electron chi connectivity index (χ4n) is 3.17. The number of nitrogens with zero attached hydrogens (tertiary/aromatic N) is 2. The van der Waals surface area contributed by atoms with E-state index in [9.17, 15) is 0 Å². The van der Waals surface area contributed by atoms with E-state index in [1.165, 1.54) is 16.7 Å². The van der Waals surface area contributed by atoms with Gasteiger partial charge in [0.1, 0.15) is 0 Å². The topological polar surface area (TPSA) is 6.48 Å². The van der Waals surface area contributed by atoms with E-state index < -0.39 is 0 Å². The zero-order valence-corrected chi connectivity index (χ0v) is 13.0. The van der Waals surface area contributed by atoms with Crippen molar-refractivity contribution in [2.75, 3.05) is 27.2 Å². The average Bonchev–Trinajstić information content (AvgIpc) is 2.84. The molecule has 0 aliphatic carbocycles. The van der Waals surface area contributed by atoms with Crippen LogP contribution in [0.1, 0.15) is 22.7 Å². The SMILES string of the molecule is CN(C)CCN1Cc2ccccc2C1Cc1ccccc1. The van der Waals surface area contributed by atoms with Crippen LogP contribution in [0.2, 0.25) is 0 Å². The third-order valence-corrected chi connectivity index (χ3v) is 4.33. The van der Waals surface area contributed by atoms with Gasteiger partial charge in [-0.2, -0.15) is 0 Å². The van der Waals surface area contributed by atoms with Crippen LogP contribution in [0.4, 0.5) is 0 Å². The molecule has 2 aromatic carbocycles. The number of hydrogen-bond acceptors (Lipinski definition) is 2. The predicted octanol–water partition coefficient (Wildman–Crippen LogP) is 3.35.